The average molecular weight is 197 g/mol. The number of aryl methyl sites for hydroxylation is 1. The van der Waals surface area contributed by atoms with E-state index in [2.05, 4.69) is 48.9 Å². The van der Waals surface area contributed by atoms with E-state index in [1.54, 1.807) is 0 Å². The molecule has 0 radical (unpaired) electrons. The Balaban J connectivity index is 2.44. The zero-order valence-electron chi connectivity index (χ0n) is 9.25. The highest BCUT2D eigenvalue weighted by molar-refractivity contribution is 5.92. The van der Waals surface area contributed by atoms with Crippen molar-refractivity contribution in [2.24, 2.45) is 7.05 Å². The van der Waals surface area contributed by atoms with Crippen molar-refractivity contribution in [3.63, 3.8) is 0 Å². The Morgan fingerprint density at radius 2 is 1.93 bits per heavy atom. The van der Waals surface area contributed by atoms with Crippen molar-refractivity contribution in [1.82, 2.24) is 4.57 Å². The van der Waals surface area contributed by atoms with Crippen LogP contribution in [0.15, 0.2) is 29.8 Å². The highest BCUT2D eigenvalue weighted by atomic mass is 14.9. The van der Waals surface area contributed by atoms with Crippen molar-refractivity contribution in [3.8, 4) is 0 Å². The van der Waals surface area contributed by atoms with Crippen LogP contribution >= 0.6 is 0 Å². The van der Waals surface area contributed by atoms with E-state index in [0.29, 0.717) is 0 Å². The third-order valence-electron chi connectivity index (χ3n) is 3.42. The van der Waals surface area contributed by atoms with Gasteiger partial charge in [0, 0.05) is 29.2 Å². The van der Waals surface area contributed by atoms with Gasteiger partial charge in [0.2, 0.25) is 0 Å². The second kappa shape index (κ2) is 2.99. The highest BCUT2D eigenvalue weighted by Gasteiger charge is 2.16. The van der Waals surface area contributed by atoms with Gasteiger partial charge in [-0.25, -0.2) is 0 Å². The maximum absolute atomic E-state index is 2.35. The van der Waals surface area contributed by atoms with Crippen LogP contribution in [0.3, 0.4) is 0 Å². The number of benzene rings is 1. The molecule has 1 nitrogen and oxygen atoms in total. The van der Waals surface area contributed by atoms with E-state index in [0.717, 1.165) is 0 Å². The molecule has 0 spiro atoms. The Morgan fingerprint density at radius 1 is 1.13 bits per heavy atom. The second-order valence-electron chi connectivity index (χ2n) is 4.43. The van der Waals surface area contributed by atoms with Crippen molar-refractivity contribution >= 4 is 17.0 Å². The number of fused-ring (bicyclic) bond motifs is 3. The molecule has 0 bridgehead atoms. The van der Waals surface area contributed by atoms with Crippen molar-refractivity contribution in [3.05, 3.63) is 41.1 Å². The topological polar surface area (TPSA) is 4.93 Å². The molecule has 0 N–H and O–H groups in total. The van der Waals surface area contributed by atoms with Crippen LogP contribution in [0.5, 0.6) is 0 Å². The molecular weight excluding hydrogens is 182 g/mol. The third-order valence-corrected chi connectivity index (χ3v) is 3.42. The van der Waals surface area contributed by atoms with Gasteiger partial charge < -0.3 is 4.57 Å². The van der Waals surface area contributed by atoms with E-state index in [-0.39, 0.29) is 0 Å². The minimum atomic E-state index is 1.18. The highest BCUT2D eigenvalue weighted by Crippen LogP contribution is 2.32. The van der Waals surface area contributed by atoms with Gasteiger partial charge in [-0.3, -0.25) is 0 Å². The number of aromatic nitrogens is 1. The summed E-state index contributed by atoms with van der Waals surface area (Å²) in [6.45, 7) is 2.23. The molecule has 0 unspecified atom stereocenters. The van der Waals surface area contributed by atoms with Gasteiger partial charge >= 0.3 is 0 Å². The lowest BCUT2D eigenvalue weighted by atomic mass is 9.97. The van der Waals surface area contributed by atoms with Crippen LogP contribution in [0, 0.1) is 0 Å². The number of hydrogen-bond donors (Lipinski definition) is 0. The summed E-state index contributed by atoms with van der Waals surface area (Å²) in [7, 11) is 2.18. The average Bonchev–Trinajstić information content (AvgIpc) is 2.54. The summed E-state index contributed by atoms with van der Waals surface area (Å²) in [5.41, 5.74) is 5.78. The first-order valence-corrected chi connectivity index (χ1v) is 5.51. The molecule has 3 rings (SSSR count). The molecule has 1 aliphatic carbocycles. The summed E-state index contributed by atoms with van der Waals surface area (Å²) in [6, 6.07) is 8.67. The number of nitrogens with zero attached hydrogens (tertiary/aromatic N) is 1. The molecule has 0 atom stereocenters. The van der Waals surface area contributed by atoms with Gasteiger partial charge in [-0.05, 0) is 25.8 Å². The molecule has 1 heterocycles. The van der Waals surface area contributed by atoms with Crippen molar-refractivity contribution in [2.45, 2.75) is 19.8 Å². The first-order chi connectivity index (χ1) is 7.27. The van der Waals surface area contributed by atoms with Gasteiger partial charge in [-0.2, -0.15) is 0 Å². The predicted octanol–water partition coefficient (Wildman–Crippen LogP) is 3.53. The molecule has 0 aliphatic heterocycles. The summed E-state index contributed by atoms with van der Waals surface area (Å²) in [5.74, 6) is 0. The van der Waals surface area contributed by atoms with Crippen LogP contribution in [0.2, 0.25) is 0 Å². The summed E-state index contributed by atoms with van der Waals surface area (Å²) >= 11 is 0. The standard InChI is InChI=1S/C14H15N/c1-10-7-8-14-12(9-10)11-5-3-4-6-13(11)15(14)2/h3-6,9H,7-8H2,1-2H3. The SMILES string of the molecule is CC1=Cc2c(n(C)c3ccccc23)CC1. The van der Waals surface area contributed by atoms with Gasteiger partial charge in [0.05, 0.1) is 0 Å². The van der Waals surface area contributed by atoms with Crippen LogP contribution in [0.1, 0.15) is 24.6 Å². The van der Waals surface area contributed by atoms with E-state index in [1.165, 1.54) is 40.6 Å². The molecule has 0 saturated heterocycles. The molecular formula is C14H15N. The van der Waals surface area contributed by atoms with Gasteiger partial charge in [0.25, 0.3) is 0 Å². The predicted molar refractivity (Wildman–Crippen MR) is 64.9 cm³/mol. The van der Waals surface area contributed by atoms with E-state index in [9.17, 15) is 0 Å². The monoisotopic (exact) mass is 197 g/mol. The number of rotatable bonds is 0. The molecule has 1 aromatic heterocycles. The van der Waals surface area contributed by atoms with Crippen molar-refractivity contribution in [1.29, 1.82) is 0 Å². The normalized spacial score (nSPS) is 15.2. The molecule has 15 heavy (non-hydrogen) atoms. The van der Waals surface area contributed by atoms with Gasteiger partial charge in [0.15, 0.2) is 0 Å². The Labute approximate surface area is 90.0 Å². The van der Waals surface area contributed by atoms with Gasteiger partial charge in [-0.1, -0.05) is 29.8 Å². The number of hydrogen-bond acceptors (Lipinski definition) is 0. The first kappa shape index (κ1) is 8.78. The van der Waals surface area contributed by atoms with Crippen LogP contribution in [-0.4, -0.2) is 4.57 Å². The fourth-order valence-electron chi connectivity index (χ4n) is 2.57. The van der Waals surface area contributed by atoms with Crippen LogP contribution in [0.25, 0.3) is 17.0 Å². The van der Waals surface area contributed by atoms with Gasteiger partial charge in [0.1, 0.15) is 0 Å². The minimum Gasteiger partial charge on any atom is -0.347 e. The van der Waals surface area contributed by atoms with Crippen LogP contribution in [-0.2, 0) is 13.5 Å². The summed E-state index contributed by atoms with van der Waals surface area (Å²) in [6.07, 6.45) is 4.74. The molecule has 76 valence electrons. The molecule has 0 fully saturated rings. The van der Waals surface area contributed by atoms with E-state index < -0.39 is 0 Å². The molecule has 0 amide bonds. The summed E-state index contributed by atoms with van der Waals surface area (Å²) in [5, 5.41) is 1.40. The summed E-state index contributed by atoms with van der Waals surface area (Å²) in [4.78, 5) is 0. The molecule has 1 heteroatoms. The van der Waals surface area contributed by atoms with E-state index in [4.69, 9.17) is 0 Å². The lowest BCUT2D eigenvalue weighted by Gasteiger charge is -2.11. The van der Waals surface area contributed by atoms with E-state index >= 15 is 0 Å². The van der Waals surface area contributed by atoms with E-state index in [1.807, 2.05) is 0 Å². The Hall–Kier alpha value is -1.50. The largest absolute Gasteiger partial charge is 0.347 e. The van der Waals surface area contributed by atoms with Crippen LogP contribution in [0.4, 0.5) is 0 Å². The lowest BCUT2D eigenvalue weighted by molar-refractivity contribution is 0.805. The maximum atomic E-state index is 2.35. The number of allylic oxidation sites excluding steroid dienone is 1. The first-order valence-electron chi connectivity index (χ1n) is 5.51. The molecule has 2 aromatic rings. The Bertz CT molecular complexity index is 558. The second-order valence-corrected chi connectivity index (χ2v) is 4.43. The molecule has 1 aromatic carbocycles. The van der Waals surface area contributed by atoms with Crippen molar-refractivity contribution in [2.75, 3.05) is 0 Å². The van der Waals surface area contributed by atoms with Crippen molar-refractivity contribution < 1.29 is 0 Å². The lowest BCUT2D eigenvalue weighted by Crippen LogP contribution is -2.01. The Morgan fingerprint density at radius 3 is 2.80 bits per heavy atom. The Kier molecular flexibility index (Phi) is 1.75. The third kappa shape index (κ3) is 1.16. The molecule has 1 aliphatic rings. The fourth-order valence-corrected chi connectivity index (χ4v) is 2.57. The quantitative estimate of drug-likeness (QED) is 0.609. The zero-order valence-corrected chi connectivity index (χ0v) is 9.25. The summed E-state index contributed by atoms with van der Waals surface area (Å²) < 4.78 is 2.34. The maximum Gasteiger partial charge on any atom is 0.0486 e. The van der Waals surface area contributed by atoms with Gasteiger partial charge in [-0.15, -0.1) is 0 Å². The fraction of sp³-hybridized carbons (Fsp3) is 0.286. The molecule has 0 saturated carbocycles. The zero-order chi connectivity index (χ0) is 10.4. The minimum absolute atomic E-state index is 1.18. The van der Waals surface area contributed by atoms with Crippen LogP contribution < -0.4 is 0 Å². The number of para-hydroxylation sites is 1. The smallest absolute Gasteiger partial charge is 0.0486 e.